The summed E-state index contributed by atoms with van der Waals surface area (Å²) in [6.45, 7) is 6.24. The molecule has 0 nitrogen and oxygen atoms in total. The third-order valence-electron chi connectivity index (χ3n) is 4.22. The average Bonchev–Trinajstić information content (AvgIpc) is 2.67. The molecule has 123 valence electrons. The van der Waals surface area contributed by atoms with Gasteiger partial charge in [-0.05, 0) is 62.4 Å². The molecule has 0 unspecified atom stereocenters. The monoisotopic (exact) mass is 331 g/mol. The van der Waals surface area contributed by atoms with Crippen molar-refractivity contribution < 1.29 is 0 Å². The highest BCUT2D eigenvalue weighted by molar-refractivity contribution is 6.52. The van der Waals surface area contributed by atoms with E-state index in [2.05, 4.69) is 82.0 Å². The maximum atomic E-state index is 3.24. The summed E-state index contributed by atoms with van der Waals surface area (Å²) in [6, 6.07) is 22.6. The van der Waals surface area contributed by atoms with Gasteiger partial charge in [0.25, 0.3) is 0 Å². The first-order valence-corrected chi connectivity index (χ1v) is 8.75. The van der Waals surface area contributed by atoms with E-state index in [-0.39, 0.29) is 0 Å². The van der Waals surface area contributed by atoms with E-state index >= 15 is 0 Å². The summed E-state index contributed by atoms with van der Waals surface area (Å²) in [5, 5.41) is 0. The third-order valence-corrected chi connectivity index (χ3v) is 4.22. The van der Waals surface area contributed by atoms with Gasteiger partial charge in [-0.15, -0.1) is 0 Å². The molecule has 0 N–H and O–H groups in total. The summed E-state index contributed by atoms with van der Waals surface area (Å²) < 4.78 is 0. The van der Waals surface area contributed by atoms with E-state index in [4.69, 9.17) is 0 Å². The Labute approximate surface area is 157 Å². The van der Waals surface area contributed by atoms with Gasteiger partial charge in [-0.1, -0.05) is 65.3 Å². The van der Waals surface area contributed by atoms with Gasteiger partial charge in [-0.25, -0.2) is 0 Å². The van der Waals surface area contributed by atoms with Crippen LogP contribution in [0.5, 0.6) is 0 Å². The molecule has 0 fully saturated rings. The fraction of sp³-hybridized carbons (Fsp3) is 0.120. The molecule has 0 aliphatic heterocycles. The summed E-state index contributed by atoms with van der Waals surface area (Å²) in [5.41, 5.74) is 7.81. The number of hydrogen-bond donors (Lipinski definition) is 0. The molecule has 0 aromatic heterocycles. The molecule has 0 saturated heterocycles. The van der Waals surface area contributed by atoms with Crippen LogP contribution in [0.3, 0.4) is 0 Å². The van der Waals surface area contributed by atoms with Gasteiger partial charge in [0.15, 0.2) is 0 Å². The van der Waals surface area contributed by atoms with E-state index in [0.717, 1.165) is 22.3 Å². The Morgan fingerprint density at radius 3 is 1.46 bits per heavy atom. The van der Waals surface area contributed by atoms with Crippen LogP contribution in [0.2, 0.25) is 6.82 Å². The molecular formula is C25H20B. The Hall–Kier alpha value is -3.16. The van der Waals surface area contributed by atoms with Crippen LogP contribution in [0.15, 0.2) is 66.7 Å². The van der Waals surface area contributed by atoms with E-state index in [1.807, 2.05) is 36.4 Å². The van der Waals surface area contributed by atoms with E-state index in [1.165, 1.54) is 16.6 Å². The van der Waals surface area contributed by atoms with E-state index in [9.17, 15) is 0 Å². The van der Waals surface area contributed by atoms with Crippen molar-refractivity contribution in [2.24, 2.45) is 0 Å². The maximum absolute atomic E-state index is 3.24. The largest absolute Gasteiger partial charge is 0.148 e. The number of rotatable bonds is 1. The van der Waals surface area contributed by atoms with Gasteiger partial charge >= 0.3 is 0 Å². The molecule has 0 aliphatic rings. The Balaban J connectivity index is 1.73. The fourth-order valence-electron chi connectivity index (χ4n) is 2.64. The first kappa shape index (κ1) is 17.7. The molecule has 1 heteroatoms. The van der Waals surface area contributed by atoms with Gasteiger partial charge in [0.2, 0.25) is 0 Å². The van der Waals surface area contributed by atoms with Crippen molar-refractivity contribution in [3.8, 4) is 23.7 Å². The van der Waals surface area contributed by atoms with Crippen LogP contribution in [0.4, 0.5) is 0 Å². The van der Waals surface area contributed by atoms with Crippen LogP contribution in [-0.4, -0.2) is 7.28 Å². The Morgan fingerprint density at radius 1 is 0.577 bits per heavy atom. The van der Waals surface area contributed by atoms with Crippen molar-refractivity contribution in [1.82, 2.24) is 0 Å². The molecule has 0 amide bonds. The SMILES string of the molecule is C[B]c1ccc(C#Cc2ccc(C#Cc3ccc(C)cc3)cc2)cc1C. The van der Waals surface area contributed by atoms with Crippen LogP contribution in [0, 0.1) is 37.5 Å². The van der Waals surface area contributed by atoms with Crippen molar-refractivity contribution in [1.29, 1.82) is 0 Å². The Kier molecular flexibility index (Phi) is 5.63. The first-order valence-electron chi connectivity index (χ1n) is 8.75. The summed E-state index contributed by atoms with van der Waals surface area (Å²) >= 11 is 0. The second-order valence-corrected chi connectivity index (χ2v) is 6.30. The molecule has 0 bridgehead atoms. The average molecular weight is 331 g/mol. The Bertz CT molecular complexity index is 1020. The molecule has 0 aliphatic carbocycles. The lowest BCUT2D eigenvalue weighted by Gasteiger charge is -2.01. The summed E-state index contributed by atoms with van der Waals surface area (Å²) in [5.74, 6) is 12.9. The first-order chi connectivity index (χ1) is 12.6. The van der Waals surface area contributed by atoms with E-state index in [1.54, 1.807) is 0 Å². The smallest absolute Gasteiger partial charge is 0.0872 e. The molecule has 0 spiro atoms. The van der Waals surface area contributed by atoms with Crippen molar-refractivity contribution >= 4 is 12.7 Å². The summed E-state index contributed by atoms with van der Waals surface area (Å²) in [7, 11) is 2.11. The summed E-state index contributed by atoms with van der Waals surface area (Å²) in [6.07, 6.45) is 0. The van der Waals surface area contributed by atoms with Crippen molar-refractivity contribution in [3.05, 3.63) is 100 Å². The van der Waals surface area contributed by atoms with Crippen molar-refractivity contribution in [2.75, 3.05) is 0 Å². The van der Waals surface area contributed by atoms with Gasteiger partial charge in [-0.2, -0.15) is 0 Å². The van der Waals surface area contributed by atoms with Crippen LogP contribution in [-0.2, 0) is 0 Å². The number of aryl methyl sites for hydroxylation is 2. The zero-order valence-corrected chi connectivity index (χ0v) is 15.4. The second kappa shape index (κ2) is 8.29. The van der Waals surface area contributed by atoms with E-state index in [0.29, 0.717) is 0 Å². The van der Waals surface area contributed by atoms with Crippen molar-refractivity contribution in [2.45, 2.75) is 20.7 Å². The lowest BCUT2D eigenvalue weighted by Crippen LogP contribution is -2.13. The van der Waals surface area contributed by atoms with Crippen LogP contribution < -0.4 is 5.46 Å². The molecule has 0 heterocycles. The van der Waals surface area contributed by atoms with Gasteiger partial charge in [0.1, 0.15) is 7.28 Å². The lowest BCUT2D eigenvalue weighted by atomic mass is 9.71. The predicted octanol–water partition coefficient (Wildman–Crippen LogP) is 4.48. The molecule has 1 radical (unpaired) electrons. The van der Waals surface area contributed by atoms with Crippen LogP contribution >= 0.6 is 0 Å². The van der Waals surface area contributed by atoms with E-state index < -0.39 is 0 Å². The summed E-state index contributed by atoms with van der Waals surface area (Å²) in [4.78, 5) is 0. The standard InChI is InChI=1S/C25H20B/c1-19-4-6-21(7-5-19)8-9-22-10-12-23(13-11-22)14-15-24-16-17-25(26-3)20(2)18-24/h4-7,10-13,16-18H,1-3H3. The highest BCUT2D eigenvalue weighted by atomic mass is 14.0. The maximum Gasteiger partial charge on any atom is 0.148 e. The van der Waals surface area contributed by atoms with Gasteiger partial charge in [0.05, 0.1) is 0 Å². The van der Waals surface area contributed by atoms with Crippen LogP contribution in [0.1, 0.15) is 33.4 Å². The molecular weight excluding hydrogens is 311 g/mol. The molecule has 0 saturated carbocycles. The van der Waals surface area contributed by atoms with Crippen molar-refractivity contribution in [3.63, 3.8) is 0 Å². The topological polar surface area (TPSA) is 0 Å². The van der Waals surface area contributed by atoms with Gasteiger partial charge < -0.3 is 0 Å². The third kappa shape index (κ3) is 4.69. The minimum atomic E-state index is 0.995. The number of benzene rings is 3. The highest BCUT2D eigenvalue weighted by Gasteiger charge is 1.97. The zero-order chi connectivity index (χ0) is 18.4. The Morgan fingerprint density at radius 2 is 1.00 bits per heavy atom. The molecule has 0 atom stereocenters. The molecule has 26 heavy (non-hydrogen) atoms. The highest BCUT2D eigenvalue weighted by Crippen LogP contribution is 2.06. The normalized spacial score (nSPS) is 9.50. The minimum Gasteiger partial charge on any atom is -0.0872 e. The van der Waals surface area contributed by atoms with Gasteiger partial charge in [-0.3, -0.25) is 0 Å². The molecule has 3 aromatic rings. The quantitative estimate of drug-likeness (QED) is 0.456. The predicted molar refractivity (Wildman–Crippen MR) is 112 cm³/mol. The zero-order valence-electron chi connectivity index (χ0n) is 15.4. The molecule has 3 rings (SSSR count). The fourth-order valence-corrected chi connectivity index (χ4v) is 2.64. The lowest BCUT2D eigenvalue weighted by molar-refractivity contribution is 1.46. The van der Waals surface area contributed by atoms with Crippen LogP contribution in [0.25, 0.3) is 0 Å². The molecule has 3 aromatic carbocycles. The van der Waals surface area contributed by atoms with Gasteiger partial charge in [0, 0.05) is 22.3 Å². The number of hydrogen-bond acceptors (Lipinski definition) is 0. The minimum absolute atomic E-state index is 0.995. The second-order valence-electron chi connectivity index (χ2n) is 6.30.